The van der Waals surface area contributed by atoms with Crippen LogP contribution in [0.5, 0.6) is 0 Å². The lowest BCUT2D eigenvalue weighted by molar-refractivity contribution is 0.674. The molecule has 9 aromatic carbocycles. The highest BCUT2D eigenvalue weighted by Gasteiger charge is 2.23. The van der Waals surface area contributed by atoms with Gasteiger partial charge in [-0.3, -0.25) is 0 Å². The van der Waals surface area contributed by atoms with Crippen LogP contribution in [0.25, 0.3) is 86.3 Å². The summed E-state index contributed by atoms with van der Waals surface area (Å²) >= 11 is 1.87. The van der Waals surface area contributed by atoms with E-state index in [9.17, 15) is 0 Å². The highest BCUT2D eigenvalue weighted by Crippen LogP contribution is 2.48. The van der Waals surface area contributed by atoms with E-state index in [-0.39, 0.29) is 0 Å². The number of anilines is 3. The molecular weight excluding hydrogens is 687 g/mol. The Labute approximate surface area is 322 Å². The fraction of sp³-hybridized carbons (Fsp3) is 0. The van der Waals surface area contributed by atoms with Gasteiger partial charge in [-0.15, -0.1) is 11.3 Å². The first kappa shape index (κ1) is 31.6. The molecule has 258 valence electrons. The zero-order valence-corrected chi connectivity index (χ0v) is 30.6. The zero-order chi connectivity index (χ0) is 36.3. The lowest BCUT2D eigenvalue weighted by Crippen LogP contribution is -2.12. The number of fused-ring (bicyclic) bond motifs is 8. The Morgan fingerprint density at radius 3 is 1.76 bits per heavy atom. The molecule has 0 bridgehead atoms. The van der Waals surface area contributed by atoms with Gasteiger partial charge in [0.15, 0.2) is 0 Å². The van der Waals surface area contributed by atoms with Crippen LogP contribution in [0.4, 0.5) is 17.1 Å². The molecule has 0 fully saturated rings. The highest BCUT2D eigenvalue weighted by atomic mass is 32.1. The maximum absolute atomic E-state index is 6.89. The van der Waals surface area contributed by atoms with Crippen molar-refractivity contribution in [3.8, 4) is 33.4 Å². The van der Waals surface area contributed by atoms with Gasteiger partial charge in [0, 0.05) is 58.7 Å². The molecule has 3 heteroatoms. The van der Waals surface area contributed by atoms with Gasteiger partial charge < -0.3 is 9.32 Å². The van der Waals surface area contributed by atoms with Gasteiger partial charge in [-0.1, -0.05) is 164 Å². The molecule has 11 aromatic rings. The van der Waals surface area contributed by atoms with Gasteiger partial charge in [0.05, 0.1) is 11.4 Å². The largest absolute Gasteiger partial charge is 0.455 e. The zero-order valence-electron chi connectivity index (χ0n) is 29.8. The average Bonchev–Trinajstić information content (AvgIpc) is 3.84. The number of rotatable bonds is 6. The summed E-state index contributed by atoms with van der Waals surface area (Å²) in [5.41, 5.74) is 12.0. The van der Waals surface area contributed by atoms with E-state index in [0.29, 0.717) is 0 Å². The lowest BCUT2D eigenvalue weighted by atomic mass is 9.97. The number of hydrogen-bond acceptors (Lipinski definition) is 3. The van der Waals surface area contributed by atoms with Crippen LogP contribution >= 0.6 is 11.3 Å². The Bertz CT molecular complexity index is 3210. The van der Waals surface area contributed by atoms with Crippen molar-refractivity contribution in [3.63, 3.8) is 0 Å². The van der Waals surface area contributed by atoms with Crippen molar-refractivity contribution in [1.82, 2.24) is 0 Å². The van der Waals surface area contributed by atoms with E-state index < -0.39 is 0 Å². The van der Waals surface area contributed by atoms with Crippen molar-refractivity contribution in [2.75, 3.05) is 4.90 Å². The summed E-state index contributed by atoms with van der Waals surface area (Å²) in [6, 6.07) is 72.0. The molecule has 55 heavy (non-hydrogen) atoms. The standard InChI is InChI=1S/C52H33NOS/c1-2-14-34(15-3-1)38-17-6-9-25-47(38)53(37-31-28-36(29-32-37)40-21-12-24-46-42-20-8-11-27-49(42)55-52(40)46)48-26-10-7-19-41(48)43-22-13-23-44-45-33-30-35-16-4-5-18-39(35)50(45)54-51(43)44/h1-33H. The van der Waals surface area contributed by atoms with Crippen molar-refractivity contribution in [1.29, 1.82) is 0 Å². The van der Waals surface area contributed by atoms with Gasteiger partial charge in [0.2, 0.25) is 0 Å². The fourth-order valence-electron chi connectivity index (χ4n) is 8.34. The topological polar surface area (TPSA) is 16.4 Å². The van der Waals surface area contributed by atoms with Crippen LogP contribution in [0.15, 0.2) is 205 Å². The first-order chi connectivity index (χ1) is 27.3. The third-order valence-electron chi connectivity index (χ3n) is 10.9. The van der Waals surface area contributed by atoms with Crippen molar-refractivity contribution in [3.05, 3.63) is 200 Å². The molecule has 2 aromatic heterocycles. The maximum Gasteiger partial charge on any atom is 0.143 e. The first-order valence-electron chi connectivity index (χ1n) is 18.7. The quantitative estimate of drug-likeness (QED) is 0.170. The molecule has 0 N–H and O–H groups in total. The summed E-state index contributed by atoms with van der Waals surface area (Å²) in [6.07, 6.45) is 0. The van der Waals surface area contributed by atoms with Crippen LogP contribution < -0.4 is 4.90 Å². The van der Waals surface area contributed by atoms with E-state index in [1.165, 1.54) is 42.2 Å². The van der Waals surface area contributed by atoms with E-state index >= 15 is 0 Å². The van der Waals surface area contributed by atoms with E-state index in [4.69, 9.17) is 4.42 Å². The van der Waals surface area contributed by atoms with Gasteiger partial charge in [0.25, 0.3) is 0 Å². The van der Waals surface area contributed by atoms with Crippen LogP contribution in [0.1, 0.15) is 0 Å². The second-order valence-electron chi connectivity index (χ2n) is 14.0. The molecule has 11 rings (SSSR count). The van der Waals surface area contributed by atoms with Crippen LogP contribution in [0, 0.1) is 0 Å². The van der Waals surface area contributed by atoms with E-state index in [1.807, 2.05) is 11.3 Å². The lowest BCUT2D eigenvalue weighted by Gasteiger charge is -2.30. The van der Waals surface area contributed by atoms with Crippen molar-refractivity contribution in [2.45, 2.75) is 0 Å². The average molecular weight is 720 g/mol. The van der Waals surface area contributed by atoms with E-state index in [0.717, 1.165) is 61.1 Å². The molecule has 0 saturated heterocycles. The fourth-order valence-corrected chi connectivity index (χ4v) is 9.58. The molecule has 0 amide bonds. The Hall–Kier alpha value is -6.94. The smallest absolute Gasteiger partial charge is 0.143 e. The molecule has 0 radical (unpaired) electrons. The number of furan rings is 1. The molecule has 0 aliphatic carbocycles. The molecule has 2 heterocycles. The third-order valence-corrected chi connectivity index (χ3v) is 12.1. The summed E-state index contributed by atoms with van der Waals surface area (Å²) < 4.78 is 9.53. The second-order valence-corrected chi connectivity index (χ2v) is 15.1. The van der Waals surface area contributed by atoms with Crippen molar-refractivity contribution < 1.29 is 4.42 Å². The molecule has 0 atom stereocenters. The normalized spacial score (nSPS) is 11.6. The minimum Gasteiger partial charge on any atom is -0.455 e. The SMILES string of the molecule is c1ccc(-c2ccccc2N(c2ccc(-c3cccc4c3sc3ccccc34)cc2)c2ccccc2-c2cccc3c2oc2c4ccccc4ccc32)cc1. The summed E-state index contributed by atoms with van der Waals surface area (Å²) in [7, 11) is 0. The Balaban J connectivity index is 1.12. The van der Waals surface area contributed by atoms with Crippen LogP contribution in [-0.2, 0) is 0 Å². The molecular formula is C52H33NOS. The summed E-state index contributed by atoms with van der Waals surface area (Å²) in [6.45, 7) is 0. The minimum absolute atomic E-state index is 0.893. The second kappa shape index (κ2) is 12.9. The number of benzene rings is 9. The van der Waals surface area contributed by atoms with Gasteiger partial charge in [-0.25, -0.2) is 0 Å². The molecule has 0 aliphatic rings. The first-order valence-corrected chi connectivity index (χ1v) is 19.5. The summed E-state index contributed by atoms with van der Waals surface area (Å²) in [4.78, 5) is 2.42. The molecule has 2 nitrogen and oxygen atoms in total. The predicted octanol–water partition coefficient (Wildman–Crippen LogP) is 15.6. The van der Waals surface area contributed by atoms with Crippen LogP contribution in [-0.4, -0.2) is 0 Å². The van der Waals surface area contributed by atoms with Crippen molar-refractivity contribution in [2.24, 2.45) is 0 Å². The molecule has 0 unspecified atom stereocenters. The Kier molecular flexibility index (Phi) is 7.39. The maximum atomic E-state index is 6.89. The van der Waals surface area contributed by atoms with Gasteiger partial charge in [0.1, 0.15) is 11.2 Å². The predicted molar refractivity (Wildman–Crippen MR) is 235 cm³/mol. The van der Waals surface area contributed by atoms with Crippen LogP contribution in [0.2, 0.25) is 0 Å². The van der Waals surface area contributed by atoms with Crippen LogP contribution in [0.3, 0.4) is 0 Å². The van der Waals surface area contributed by atoms with E-state index in [2.05, 4.69) is 205 Å². The van der Waals surface area contributed by atoms with Gasteiger partial charge in [-0.2, -0.15) is 0 Å². The van der Waals surface area contributed by atoms with Crippen molar-refractivity contribution >= 4 is 81.3 Å². The molecule has 0 spiro atoms. The Morgan fingerprint density at radius 2 is 0.927 bits per heavy atom. The number of hydrogen-bond donors (Lipinski definition) is 0. The molecule has 0 aliphatic heterocycles. The van der Waals surface area contributed by atoms with Gasteiger partial charge in [-0.05, 0) is 58.5 Å². The number of para-hydroxylation sites is 3. The number of thiophene rings is 1. The highest BCUT2D eigenvalue weighted by molar-refractivity contribution is 7.26. The Morgan fingerprint density at radius 1 is 0.345 bits per heavy atom. The summed E-state index contributed by atoms with van der Waals surface area (Å²) in [5.74, 6) is 0. The minimum atomic E-state index is 0.893. The monoisotopic (exact) mass is 719 g/mol. The summed E-state index contributed by atoms with van der Waals surface area (Å²) in [5, 5.41) is 7.16. The van der Waals surface area contributed by atoms with E-state index in [1.54, 1.807) is 0 Å². The molecule has 0 saturated carbocycles. The van der Waals surface area contributed by atoms with Gasteiger partial charge >= 0.3 is 0 Å². The third kappa shape index (κ3) is 5.16. The number of nitrogens with zero attached hydrogens (tertiary/aromatic N) is 1.